The largest absolute Gasteiger partial charge is 0.444 e. The average Bonchev–Trinajstić information content (AvgIpc) is 3.22. The predicted molar refractivity (Wildman–Crippen MR) is 88.8 cm³/mol. The van der Waals surface area contributed by atoms with Gasteiger partial charge in [0, 0.05) is 19.1 Å². The van der Waals surface area contributed by atoms with Crippen molar-refractivity contribution in [3.63, 3.8) is 0 Å². The molecule has 1 fully saturated rings. The third kappa shape index (κ3) is 6.06. The Morgan fingerprint density at radius 1 is 1.27 bits per heavy atom. The second kappa shape index (κ2) is 7.14. The Morgan fingerprint density at radius 3 is 2.45 bits per heavy atom. The van der Waals surface area contributed by atoms with Gasteiger partial charge in [0.2, 0.25) is 0 Å². The highest BCUT2D eigenvalue weighted by molar-refractivity contribution is 5.68. The molecule has 1 unspecified atom stereocenters. The first-order chi connectivity index (χ1) is 10.3. The van der Waals surface area contributed by atoms with Gasteiger partial charge >= 0.3 is 6.09 Å². The Kier molecular flexibility index (Phi) is 5.46. The molecule has 1 aromatic carbocycles. The van der Waals surface area contributed by atoms with E-state index in [2.05, 4.69) is 41.8 Å². The fraction of sp³-hybridized carbons (Fsp3) is 0.611. The smallest absolute Gasteiger partial charge is 0.407 e. The van der Waals surface area contributed by atoms with Crippen molar-refractivity contribution in [2.24, 2.45) is 5.92 Å². The molecule has 4 nitrogen and oxygen atoms in total. The molecule has 0 bridgehead atoms. The van der Waals surface area contributed by atoms with Crippen molar-refractivity contribution in [2.75, 3.05) is 6.54 Å². The first-order valence-corrected chi connectivity index (χ1v) is 8.09. The lowest BCUT2D eigenvalue weighted by atomic mass is 10.1. The summed E-state index contributed by atoms with van der Waals surface area (Å²) in [7, 11) is 0. The van der Waals surface area contributed by atoms with Crippen molar-refractivity contribution < 1.29 is 9.53 Å². The Labute approximate surface area is 133 Å². The number of aryl methyl sites for hydroxylation is 1. The summed E-state index contributed by atoms with van der Waals surface area (Å²) >= 11 is 0. The number of ether oxygens (including phenoxy) is 1. The number of hydrogen-bond donors (Lipinski definition) is 2. The molecule has 4 heteroatoms. The second-order valence-corrected chi connectivity index (χ2v) is 7.21. The van der Waals surface area contributed by atoms with Gasteiger partial charge in [-0.1, -0.05) is 29.8 Å². The van der Waals surface area contributed by atoms with E-state index in [0.717, 1.165) is 13.1 Å². The van der Waals surface area contributed by atoms with Gasteiger partial charge in [-0.3, -0.25) is 0 Å². The molecular weight excluding hydrogens is 276 g/mol. The lowest BCUT2D eigenvalue weighted by Gasteiger charge is -2.24. The molecule has 2 rings (SSSR count). The zero-order chi connectivity index (χ0) is 16.2. The molecule has 1 aliphatic rings. The molecular formula is C18H28N2O2. The zero-order valence-corrected chi connectivity index (χ0v) is 14.1. The van der Waals surface area contributed by atoms with Crippen LogP contribution in [0.5, 0.6) is 0 Å². The summed E-state index contributed by atoms with van der Waals surface area (Å²) in [4.78, 5) is 11.9. The lowest BCUT2D eigenvalue weighted by Crippen LogP contribution is -2.45. The van der Waals surface area contributed by atoms with Crippen molar-refractivity contribution in [3.8, 4) is 0 Å². The monoisotopic (exact) mass is 304 g/mol. The molecule has 0 saturated heterocycles. The molecule has 0 aromatic heterocycles. The first kappa shape index (κ1) is 16.8. The third-order valence-corrected chi connectivity index (χ3v) is 3.71. The summed E-state index contributed by atoms with van der Waals surface area (Å²) in [6.45, 7) is 9.33. The highest BCUT2D eigenvalue weighted by Gasteiger charge is 2.33. The van der Waals surface area contributed by atoms with Crippen LogP contribution in [0.25, 0.3) is 0 Å². The highest BCUT2D eigenvalue weighted by Crippen LogP contribution is 2.32. The van der Waals surface area contributed by atoms with Crippen LogP contribution in [-0.4, -0.2) is 24.3 Å². The number of rotatable bonds is 6. The summed E-state index contributed by atoms with van der Waals surface area (Å²) in [5.41, 5.74) is 2.08. The topological polar surface area (TPSA) is 50.4 Å². The van der Waals surface area contributed by atoms with E-state index in [1.54, 1.807) is 0 Å². The van der Waals surface area contributed by atoms with Gasteiger partial charge in [-0.2, -0.15) is 0 Å². The molecule has 0 aliphatic heterocycles. The fourth-order valence-corrected chi connectivity index (χ4v) is 2.37. The van der Waals surface area contributed by atoms with Crippen molar-refractivity contribution in [1.29, 1.82) is 0 Å². The maximum absolute atomic E-state index is 11.9. The molecule has 1 aliphatic carbocycles. The number of benzene rings is 1. The molecule has 0 radical (unpaired) electrons. The molecule has 22 heavy (non-hydrogen) atoms. The number of carbonyl (C=O) groups excluding carboxylic acids is 1. The molecule has 1 saturated carbocycles. The van der Waals surface area contributed by atoms with Gasteiger partial charge in [-0.25, -0.2) is 4.79 Å². The van der Waals surface area contributed by atoms with E-state index in [4.69, 9.17) is 4.74 Å². The van der Waals surface area contributed by atoms with E-state index in [1.807, 2.05) is 20.8 Å². The Balaban J connectivity index is 1.77. The van der Waals surface area contributed by atoms with Gasteiger partial charge in [0.25, 0.3) is 0 Å². The van der Waals surface area contributed by atoms with E-state index in [9.17, 15) is 4.79 Å². The summed E-state index contributed by atoms with van der Waals surface area (Å²) in [5, 5.41) is 6.45. The van der Waals surface area contributed by atoms with Crippen LogP contribution in [0.15, 0.2) is 24.3 Å². The van der Waals surface area contributed by atoms with Gasteiger partial charge in [0.05, 0.1) is 0 Å². The van der Waals surface area contributed by atoms with Gasteiger partial charge < -0.3 is 15.4 Å². The van der Waals surface area contributed by atoms with Crippen LogP contribution in [0.2, 0.25) is 0 Å². The molecule has 1 aromatic rings. The highest BCUT2D eigenvalue weighted by atomic mass is 16.6. The number of amides is 1. The Hall–Kier alpha value is -1.55. The van der Waals surface area contributed by atoms with E-state index in [-0.39, 0.29) is 12.1 Å². The van der Waals surface area contributed by atoms with Gasteiger partial charge in [-0.05, 0) is 52.0 Å². The lowest BCUT2D eigenvalue weighted by molar-refractivity contribution is 0.0497. The van der Waals surface area contributed by atoms with Crippen molar-refractivity contribution in [2.45, 2.75) is 58.7 Å². The molecule has 122 valence electrons. The van der Waals surface area contributed by atoms with Crippen LogP contribution < -0.4 is 10.6 Å². The van der Waals surface area contributed by atoms with Crippen LogP contribution in [0.4, 0.5) is 4.79 Å². The minimum absolute atomic E-state index is 0.153. The maximum atomic E-state index is 11.9. The number of hydrogen-bond acceptors (Lipinski definition) is 3. The summed E-state index contributed by atoms with van der Waals surface area (Å²) < 4.78 is 5.35. The van der Waals surface area contributed by atoms with E-state index >= 15 is 0 Å². The molecule has 1 atom stereocenters. The van der Waals surface area contributed by atoms with Crippen LogP contribution in [-0.2, 0) is 11.3 Å². The number of alkyl carbamates (subject to hydrolysis) is 1. The average molecular weight is 304 g/mol. The standard InChI is InChI=1S/C18H28N2O2/c1-13-5-7-14(8-6-13)11-19-12-16(15-9-10-15)20-17(21)22-18(2,3)4/h5-8,15-16,19H,9-12H2,1-4H3,(H,20,21). The fourth-order valence-electron chi connectivity index (χ4n) is 2.37. The van der Waals surface area contributed by atoms with E-state index in [0.29, 0.717) is 5.92 Å². The van der Waals surface area contributed by atoms with Crippen LogP contribution in [0.1, 0.15) is 44.7 Å². The second-order valence-electron chi connectivity index (χ2n) is 7.21. The zero-order valence-electron chi connectivity index (χ0n) is 14.1. The SMILES string of the molecule is Cc1ccc(CNCC(NC(=O)OC(C)(C)C)C2CC2)cc1. The predicted octanol–water partition coefficient (Wildman–Crippen LogP) is 3.39. The number of nitrogens with one attached hydrogen (secondary N) is 2. The van der Waals surface area contributed by atoms with Crippen LogP contribution in [0.3, 0.4) is 0 Å². The Morgan fingerprint density at radius 2 is 1.91 bits per heavy atom. The van der Waals surface area contributed by atoms with Crippen LogP contribution in [0, 0.1) is 12.8 Å². The van der Waals surface area contributed by atoms with Gasteiger partial charge in [0.15, 0.2) is 0 Å². The molecule has 0 spiro atoms. The van der Waals surface area contributed by atoms with Crippen molar-refractivity contribution in [3.05, 3.63) is 35.4 Å². The molecule has 2 N–H and O–H groups in total. The number of carbonyl (C=O) groups is 1. The van der Waals surface area contributed by atoms with E-state index < -0.39 is 5.60 Å². The summed E-state index contributed by atoms with van der Waals surface area (Å²) in [6, 6.07) is 8.66. The third-order valence-electron chi connectivity index (χ3n) is 3.71. The van der Waals surface area contributed by atoms with E-state index in [1.165, 1.54) is 24.0 Å². The van der Waals surface area contributed by atoms with Gasteiger partial charge in [0.1, 0.15) is 5.60 Å². The summed E-state index contributed by atoms with van der Waals surface area (Å²) in [6.07, 6.45) is 2.06. The summed E-state index contributed by atoms with van der Waals surface area (Å²) in [5.74, 6) is 0.582. The quantitative estimate of drug-likeness (QED) is 0.847. The minimum Gasteiger partial charge on any atom is -0.444 e. The molecule has 0 heterocycles. The minimum atomic E-state index is -0.451. The van der Waals surface area contributed by atoms with Crippen LogP contribution >= 0.6 is 0 Å². The van der Waals surface area contributed by atoms with Crippen molar-refractivity contribution >= 4 is 6.09 Å². The molecule has 1 amide bonds. The Bertz CT molecular complexity index is 487. The van der Waals surface area contributed by atoms with Crippen molar-refractivity contribution in [1.82, 2.24) is 10.6 Å². The first-order valence-electron chi connectivity index (χ1n) is 8.09. The maximum Gasteiger partial charge on any atom is 0.407 e. The van der Waals surface area contributed by atoms with Gasteiger partial charge in [-0.15, -0.1) is 0 Å². The normalized spacial score (nSPS) is 16.2.